The van der Waals surface area contributed by atoms with Gasteiger partial charge in [0, 0.05) is 11.4 Å². The first-order valence-electron chi connectivity index (χ1n) is 5.90. The number of nitro benzene ring substituents is 1. The zero-order valence-corrected chi connectivity index (χ0v) is 13.0. The van der Waals surface area contributed by atoms with Gasteiger partial charge in [0.05, 0.1) is 10.7 Å². The summed E-state index contributed by atoms with van der Waals surface area (Å²) < 4.78 is 24.3. The molecule has 1 aromatic rings. The minimum absolute atomic E-state index is 0.0635. The van der Waals surface area contributed by atoms with E-state index in [1.165, 1.54) is 24.3 Å². The van der Waals surface area contributed by atoms with Crippen LogP contribution < -0.4 is 0 Å². The molecule has 0 aromatic heterocycles. The van der Waals surface area contributed by atoms with Gasteiger partial charge < -0.3 is 0 Å². The van der Waals surface area contributed by atoms with Gasteiger partial charge in [0.25, 0.3) is 5.69 Å². The molecule has 0 N–H and O–H groups in total. The molecule has 19 heavy (non-hydrogen) atoms. The van der Waals surface area contributed by atoms with E-state index in [0.717, 1.165) is 11.8 Å². The quantitative estimate of drug-likeness (QED) is 0.430. The maximum Gasteiger partial charge on any atom is 0.287 e. The molecule has 0 radical (unpaired) electrons. The lowest BCUT2D eigenvalue weighted by Gasteiger charge is -2.10. The van der Waals surface area contributed by atoms with Gasteiger partial charge in [0.15, 0.2) is 9.84 Å². The lowest BCUT2D eigenvalue weighted by atomic mass is 10.1. The Bertz CT molecular complexity index is 544. The highest BCUT2D eigenvalue weighted by Gasteiger charge is 2.25. The van der Waals surface area contributed by atoms with Crippen LogP contribution in [0.2, 0.25) is 0 Å². The Kier molecular flexibility index (Phi) is 5.93. The monoisotopic (exact) mass is 349 g/mol. The third-order valence-electron chi connectivity index (χ3n) is 2.88. The second-order valence-corrected chi connectivity index (χ2v) is 7.29. The molecule has 0 aliphatic rings. The molecule has 1 rings (SSSR count). The number of para-hydroxylation sites is 1. The average Bonchev–Trinajstić information content (AvgIpc) is 2.37. The summed E-state index contributed by atoms with van der Waals surface area (Å²) in [5.41, 5.74) is -0.351. The Morgan fingerprint density at radius 3 is 2.53 bits per heavy atom. The van der Waals surface area contributed by atoms with Crippen molar-refractivity contribution in [3.05, 3.63) is 34.4 Å². The van der Waals surface area contributed by atoms with E-state index >= 15 is 0 Å². The molecule has 0 aliphatic heterocycles. The number of benzene rings is 1. The fraction of sp³-hybridized carbons (Fsp3) is 0.500. The summed E-state index contributed by atoms with van der Waals surface area (Å²) in [5.74, 6) is 0.198. The minimum atomic E-state index is -3.61. The van der Waals surface area contributed by atoms with Crippen molar-refractivity contribution in [1.82, 2.24) is 0 Å². The summed E-state index contributed by atoms with van der Waals surface area (Å²) in [5, 5.41) is 11.7. The van der Waals surface area contributed by atoms with Crippen molar-refractivity contribution >= 4 is 31.5 Å². The average molecular weight is 350 g/mol. The number of halogens is 1. The first kappa shape index (κ1) is 16.1. The molecule has 0 heterocycles. The van der Waals surface area contributed by atoms with Crippen molar-refractivity contribution in [3.63, 3.8) is 0 Å². The fourth-order valence-electron chi connectivity index (χ4n) is 1.67. The van der Waals surface area contributed by atoms with Crippen LogP contribution in [-0.4, -0.2) is 24.4 Å². The van der Waals surface area contributed by atoms with E-state index in [4.69, 9.17) is 0 Å². The second kappa shape index (κ2) is 7.00. The molecule has 5 nitrogen and oxygen atoms in total. The number of alkyl halides is 1. The molecule has 0 fully saturated rings. The summed E-state index contributed by atoms with van der Waals surface area (Å²) in [6, 6.07) is 5.48. The maximum absolute atomic E-state index is 12.1. The third kappa shape index (κ3) is 4.58. The lowest BCUT2D eigenvalue weighted by molar-refractivity contribution is -0.387. The van der Waals surface area contributed by atoms with E-state index in [1.54, 1.807) is 0 Å². The van der Waals surface area contributed by atoms with Gasteiger partial charge in [-0.05, 0) is 24.8 Å². The molecule has 0 saturated carbocycles. The maximum atomic E-state index is 12.1. The van der Waals surface area contributed by atoms with E-state index in [2.05, 4.69) is 15.9 Å². The molecule has 1 aromatic carbocycles. The van der Waals surface area contributed by atoms with Gasteiger partial charge in [-0.2, -0.15) is 0 Å². The highest BCUT2D eigenvalue weighted by molar-refractivity contribution is 9.09. The Morgan fingerprint density at radius 1 is 1.32 bits per heavy atom. The summed E-state index contributed by atoms with van der Waals surface area (Å²) in [7, 11) is -3.61. The Morgan fingerprint density at radius 2 is 1.95 bits per heavy atom. The van der Waals surface area contributed by atoms with Gasteiger partial charge in [-0.15, -0.1) is 0 Å². The van der Waals surface area contributed by atoms with E-state index < -0.39 is 14.8 Å². The summed E-state index contributed by atoms with van der Waals surface area (Å²) in [6.45, 7) is 1.97. The van der Waals surface area contributed by atoms with Gasteiger partial charge >= 0.3 is 0 Å². The fourth-order valence-corrected chi connectivity index (χ4v) is 4.13. The van der Waals surface area contributed by atoms with Crippen LogP contribution in [0.3, 0.4) is 0 Å². The molecule has 1 atom stereocenters. The minimum Gasteiger partial charge on any atom is -0.258 e. The van der Waals surface area contributed by atoms with Crippen LogP contribution in [0.15, 0.2) is 29.2 Å². The molecule has 1 unspecified atom stereocenters. The largest absolute Gasteiger partial charge is 0.287 e. The highest BCUT2D eigenvalue weighted by Crippen LogP contribution is 2.25. The second-order valence-electron chi connectivity index (χ2n) is 4.42. The van der Waals surface area contributed by atoms with Gasteiger partial charge in [-0.25, -0.2) is 8.42 Å². The molecule has 0 aliphatic carbocycles. The topological polar surface area (TPSA) is 77.3 Å². The number of hydrogen-bond acceptors (Lipinski definition) is 4. The highest BCUT2D eigenvalue weighted by atomic mass is 79.9. The van der Waals surface area contributed by atoms with Crippen LogP contribution in [0.25, 0.3) is 0 Å². The molecule has 0 bridgehead atoms. The van der Waals surface area contributed by atoms with Crippen molar-refractivity contribution < 1.29 is 13.3 Å². The van der Waals surface area contributed by atoms with E-state index in [0.29, 0.717) is 6.42 Å². The first-order chi connectivity index (χ1) is 8.88. The molecule has 0 saturated heterocycles. The molecule has 0 spiro atoms. The molecular weight excluding hydrogens is 334 g/mol. The van der Waals surface area contributed by atoms with Crippen LogP contribution in [0.4, 0.5) is 5.69 Å². The zero-order valence-electron chi connectivity index (χ0n) is 10.6. The summed E-state index contributed by atoms with van der Waals surface area (Å²) in [4.78, 5) is 10.00. The van der Waals surface area contributed by atoms with Crippen molar-refractivity contribution in [1.29, 1.82) is 0 Å². The molecular formula is C12H16BrNO4S. The Labute approximate surface area is 121 Å². The Hall–Kier alpha value is -0.950. The van der Waals surface area contributed by atoms with Gasteiger partial charge in [-0.1, -0.05) is 35.0 Å². The summed E-state index contributed by atoms with van der Waals surface area (Å²) >= 11 is 3.31. The zero-order chi connectivity index (χ0) is 14.5. The summed E-state index contributed by atoms with van der Waals surface area (Å²) in [6.07, 6.45) is 1.38. The van der Waals surface area contributed by atoms with Crippen LogP contribution in [0, 0.1) is 16.0 Å². The van der Waals surface area contributed by atoms with Crippen molar-refractivity contribution in [2.45, 2.75) is 24.7 Å². The normalized spacial score (nSPS) is 13.2. The van der Waals surface area contributed by atoms with Crippen LogP contribution >= 0.6 is 15.9 Å². The van der Waals surface area contributed by atoms with Crippen LogP contribution in [0.1, 0.15) is 19.8 Å². The van der Waals surface area contributed by atoms with E-state index in [9.17, 15) is 18.5 Å². The molecule has 106 valence electrons. The van der Waals surface area contributed by atoms with Gasteiger partial charge in [0.2, 0.25) is 0 Å². The standard InChI is InChI=1S/C12H16BrNO4S/c1-10(6-8-13)7-9-19(17,18)12-5-3-2-4-11(12)14(15)16/h2-5,10H,6-9H2,1H3. The number of nitro groups is 1. The number of nitrogens with zero attached hydrogens (tertiary/aromatic N) is 1. The van der Waals surface area contributed by atoms with Gasteiger partial charge in [0.1, 0.15) is 4.90 Å². The Balaban J connectivity index is 2.92. The smallest absolute Gasteiger partial charge is 0.258 e. The van der Waals surface area contributed by atoms with Gasteiger partial charge in [-0.3, -0.25) is 10.1 Å². The van der Waals surface area contributed by atoms with Crippen molar-refractivity contribution in [2.75, 3.05) is 11.1 Å². The predicted molar refractivity (Wildman–Crippen MR) is 77.3 cm³/mol. The number of sulfone groups is 1. The van der Waals surface area contributed by atoms with Crippen molar-refractivity contribution in [3.8, 4) is 0 Å². The van der Waals surface area contributed by atoms with Crippen LogP contribution in [-0.2, 0) is 9.84 Å². The first-order valence-corrected chi connectivity index (χ1v) is 8.68. The SMILES string of the molecule is CC(CCBr)CCS(=O)(=O)c1ccccc1[N+](=O)[O-]. The van der Waals surface area contributed by atoms with E-state index in [-0.39, 0.29) is 22.3 Å². The number of rotatable bonds is 7. The van der Waals surface area contributed by atoms with Crippen molar-refractivity contribution in [2.24, 2.45) is 5.92 Å². The lowest BCUT2D eigenvalue weighted by Crippen LogP contribution is -2.12. The molecule has 0 amide bonds. The predicted octanol–water partition coefficient (Wildman–Crippen LogP) is 3.18. The van der Waals surface area contributed by atoms with E-state index in [1.807, 2.05) is 6.92 Å². The number of hydrogen-bond donors (Lipinski definition) is 0. The van der Waals surface area contributed by atoms with Crippen LogP contribution in [0.5, 0.6) is 0 Å². The molecule has 7 heteroatoms. The third-order valence-corrected chi connectivity index (χ3v) is 5.12.